The first kappa shape index (κ1) is 19.4. The zero-order valence-electron chi connectivity index (χ0n) is 16.1. The molecule has 2 atom stereocenters. The van der Waals surface area contributed by atoms with Crippen molar-refractivity contribution in [2.24, 2.45) is 5.92 Å². The molecule has 1 heterocycles. The van der Waals surface area contributed by atoms with Gasteiger partial charge in [0.25, 0.3) is 0 Å². The monoisotopic (exact) mass is 367 g/mol. The Balaban J connectivity index is 1.81. The molecule has 5 nitrogen and oxygen atoms in total. The summed E-state index contributed by atoms with van der Waals surface area (Å²) in [5.74, 6) is 0.0198. The summed E-state index contributed by atoms with van der Waals surface area (Å²) in [6.07, 6.45) is 7.26. The normalized spacial score (nSPS) is 21.5. The molecule has 3 rings (SSSR count). The van der Waals surface area contributed by atoms with Crippen LogP contribution in [-0.2, 0) is 16.0 Å². The van der Waals surface area contributed by atoms with Crippen molar-refractivity contribution in [3.63, 3.8) is 0 Å². The molecule has 2 fully saturated rings. The second-order valence-electron chi connectivity index (χ2n) is 7.81. The fraction of sp³-hybridized carbons (Fsp3) is 0.591. The molecule has 1 aliphatic heterocycles. The van der Waals surface area contributed by atoms with Crippen LogP contribution in [0, 0.1) is 17.2 Å². The second kappa shape index (κ2) is 9.03. The smallest absolute Gasteiger partial charge is 0.246 e. The number of benzene rings is 1. The van der Waals surface area contributed by atoms with E-state index in [0.29, 0.717) is 13.0 Å². The number of amides is 2. The van der Waals surface area contributed by atoms with Crippen molar-refractivity contribution in [3.8, 4) is 6.07 Å². The van der Waals surface area contributed by atoms with Gasteiger partial charge < -0.3 is 9.80 Å². The molecule has 0 bridgehead atoms. The van der Waals surface area contributed by atoms with Gasteiger partial charge in [0.2, 0.25) is 11.8 Å². The van der Waals surface area contributed by atoms with Crippen molar-refractivity contribution in [1.82, 2.24) is 9.80 Å². The van der Waals surface area contributed by atoms with Crippen molar-refractivity contribution in [1.29, 1.82) is 5.26 Å². The van der Waals surface area contributed by atoms with Gasteiger partial charge in [-0.3, -0.25) is 9.59 Å². The number of hydrogen-bond acceptors (Lipinski definition) is 3. The number of carbonyl (C=O) groups is 2. The molecule has 5 heteroatoms. The van der Waals surface area contributed by atoms with Gasteiger partial charge in [0.05, 0.1) is 6.07 Å². The molecule has 2 aliphatic rings. The van der Waals surface area contributed by atoms with E-state index in [4.69, 9.17) is 0 Å². The van der Waals surface area contributed by atoms with E-state index < -0.39 is 6.04 Å². The Kier molecular flexibility index (Phi) is 6.49. The van der Waals surface area contributed by atoms with Crippen LogP contribution in [0.5, 0.6) is 0 Å². The summed E-state index contributed by atoms with van der Waals surface area (Å²) in [5, 5.41) is 9.38. The predicted molar refractivity (Wildman–Crippen MR) is 104 cm³/mol. The SMILES string of the molecule is CN(C(=O)C1CCCCC1)C(Cc1ccccc1)C(=O)N1CCC[C@H]1C#N. The Morgan fingerprint density at radius 1 is 1.15 bits per heavy atom. The molecule has 1 aromatic rings. The Labute approximate surface area is 161 Å². The number of nitrogens with zero attached hydrogens (tertiary/aromatic N) is 3. The summed E-state index contributed by atoms with van der Waals surface area (Å²) in [6.45, 7) is 0.605. The standard InChI is InChI=1S/C22H29N3O2/c1-24(21(26)18-11-6-3-7-12-18)20(15-17-9-4-2-5-10-17)22(27)25-14-8-13-19(25)16-23/h2,4-5,9-10,18-20H,3,6-8,11-15H2,1H3/t19-,20?/m0/s1. The highest BCUT2D eigenvalue weighted by Gasteiger charge is 2.38. The number of nitriles is 1. The Bertz CT molecular complexity index is 691. The maximum Gasteiger partial charge on any atom is 0.246 e. The quantitative estimate of drug-likeness (QED) is 0.803. The van der Waals surface area contributed by atoms with E-state index in [1.54, 1.807) is 16.8 Å². The minimum atomic E-state index is -0.546. The van der Waals surface area contributed by atoms with Crippen molar-refractivity contribution in [3.05, 3.63) is 35.9 Å². The van der Waals surface area contributed by atoms with E-state index in [9.17, 15) is 14.9 Å². The van der Waals surface area contributed by atoms with Gasteiger partial charge in [0, 0.05) is 25.9 Å². The molecule has 0 radical (unpaired) electrons. The molecular weight excluding hydrogens is 338 g/mol. The Hall–Kier alpha value is -2.35. The van der Waals surface area contributed by atoms with E-state index in [2.05, 4.69) is 6.07 Å². The summed E-state index contributed by atoms with van der Waals surface area (Å²) < 4.78 is 0. The van der Waals surface area contributed by atoms with E-state index in [-0.39, 0.29) is 23.8 Å². The lowest BCUT2D eigenvalue weighted by Gasteiger charge is -2.34. The molecule has 1 saturated carbocycles. The third-order valence-corrected chi connectivity index (χ3v) is 6.01. The molecule has 1 aliphatic carbocycles. The van der Waals surface area contributed by atoms with Crippen LogP contribution in [0.3, 0.4) is 0 Å². The molecule has 2 amide bonds. The zero-order valence-corrected chi connectivity index (χ0v) is 16.1. The third-order valence-electron chi connectivity index (χ3n) is 6.01. The van der Waals surface area contributed by atoms with Crippen LogP contribution in [0.2, 0.25) is 0 Å². The molecule has 27 heavy (non-hydrogen) atoms. The second-order valence-corrected chi connectivity index (χ2v) is 7.81. The zero-order chi connectivity index (χ0) is 19.2. The average molecular weight is 367 g/mol. The largest absolute Gasteiger partial charge is 0.333 e. The molecule has 0 N–H and O–H groups in total. The highest BCUT2D eigenvalue weighted by Crippen LogP contribution is 2.27. The first-order valence-corrected chi connectivity index (χ1v) is 10.1. The van der Waals surface area contributed by atoms with Gasteiger partial charge >= 0.3 is 0 Å². The third kappa shape index (κ3) is 4.50. The lowest BCUT2D eigenvalue weighted by molar-refractivity contribution is -0.147. The van der Waals surface area contributed by atoms with Crippen LogP contribution in [0.25, 0.3) is 0 Å². The highest BCUT2D eigenvalue weighted by molar-refractivity contribution is 5.89. The number of hydrogen-bond donors (Lipinski definition) is 0. The van der Waals surface area contributed by atoms with Gasteiger partial charge in [0.1, 0.15) is 12.1 Å². The van der Waals surface area contributed by atoms with Crippen molar-refractivity contribution < 1.29 is 9.59 Å². The summed E-state index contributed by atoms with van der Waals surface area (Å²) in [5.41, 5.74) is 1.03. The minimum Gasteiger partial charge on any atom is -0.333 e. The lowest BCUT2D eigenvalue weighted by Crippen LogP contribution is -2.52. The molecular formula is C22H29N3O2. The number of likely N-dealkylation sites (N-methyl/N-ethyl adjacent to an activating group) is 1. The summed E-state index contributed by atoms with van der Waals surface area (Å²) in [4.78, 5) is 29.8. The average Bonchev–Trinajstić information content (AvgIpc) is 3.21. The maximum atomic E-state index is 13.3. The first-order valence-electron chi connectivity index (χ1n) is 10.1. The van der Waals surface area contributed by atoms with Gasteiger partial charge in [-0.2, -0.15) is 5.26 Å². The summed E-state index contributed by atoms with van der Waals surface area (Å²) in [6, 6.07) is 11.2. The molecule has 1 aromatic carbocycles. The Morgan fingerprint density at radius 2 is 1.85 bits per heavy atom. The van der Waals surface area contributed by atoms with Crippen molar-refractivity contribution in [2.75, 3.05) is 13.6 Å². The topological polar surface area (TPSA) is 64.4 Å². The fourth-order valence-electron chi connectivity index (χ4n) is 4.37. The van der Waals surface area contributed by atoms with Crippen molar-refractivity contribution in [2.45, 2.75) is 63.5 Å². The fourth-order valence-corrected chi connectivity index (χ4v) is 4.37. The van der Waals surface area contributed by atoms with Gasteiger partial charge in [-0.05, 0) is 31.2 Å². The van der Waals surface area contributed by atoms with Crippen LogP contribution in [0.1, 0.15) is 50.5 Å². The molecule has 144 valence electrons. The number of rotatable bonds is 5. The van der Waals surface area contributed by atoms with Gasteiger partial charge in [-0.25, -0.2) is 0 Å². The summed E-state index contributed by atoms with van der Waals surface area (Å²) >= 11 is 0. The minimum absolute atomic E-state index is 0.0279. The van der Waals surface area contributed by atoms with E-state index in [0.717, 1.165) is 44.1 Å². The molecule has 1 saturated heterocycles. The molecule has 1 unspecified atom stereocenters. The molecule has 0 spiro atoms. The van der Waals surface area contributed by atoms with E-state index in [1.807, 2.05) is 30.3 Å². The number of carbonyl (C=O) groups excluding carboxylic acids is 2. The predicted octanol–water partition coefficient (Wildman–Crippen LogP) is 3.15. The Morgan fingerprint density at radius 3 is 2.52 bits per heavy atom. The summed E-state index contributed by atoms with van der Waals surface area (Å²) in [7, 11) is 1.76. The number of likely N-dealkylation sites (tertiary alicyclic amines) is 1. The van der Waals surface area contributed by atoms with Gasteiger partial charge in [0.15, 0.2) is 0 Å². The van der Waals surface area contributed by atoms with Gasteiger partial charge in [-0.1, -0.05) is 49.6 Å². The van der Waals surface area contributed by atoms with Gasteiger partial charge in [-0.15, -0.1) is 0 Å². The van der Waals surface area contributed by atoms with E-state index >= 15 is 0 Å². The lowest BCUT2D eigenvalue weighted by atomic mass is 9.87. The van der Waals surface area contributed by atoms with Crippen molar-refractivity contribution >= 4 is 11.8 Å². The van der Waals surface area contributed by atoms with Crippen LogP contribution in [0.15, 0.2) is 30.3 Å². The molecule has 0 aromatic heterocycles. The van der Waals surface area contributed by atoms with Crippen LogP contribution in [-0.4, -0.2) is 47.3 Å². The van der Waals surface area contributed by atoms with E-state index in [1.165, 1.54) is 6.42 Å². The van der Waals surface area contributed by atoms with Crippen LogP contribution < -0.4 is 0 Å². The van der Waals surface area contributed by atoms with Crippen LogP contribution in [0.4, 0.5) is 0 Å². The maximum absolute atomic E-state index is 13.3. The van der Waals surface area contributed by atoms with Crippen LogP contribution >= 0.6 is 0 Å². The highest BCUT2D eigenvalue weighted by atomic mass is 16.2. The first-order chi connectivity index (χ1) is 13.1.